The van der Waals surface area contributed by atoms with E-state index in [4.69, 9.17) is 9.47 Å². The van der Waals surface area contributed by atoms with E-state index >= 15 is 0 Å². The van der Waals surface area contributed by atoms with Crippen molar-refractivity contribution in [3.05, 3.63) is 42.1 Å². The predicted octanol–water partition coefficient (Wildman–Crippen LogP) is 2.89. The molecule has 1 aromatic heterocycles. The summed E-state index contributed by atoms with van der Waals surface area (Å²) in [7, 11) is 1.73. The highest BCUT2D eigenvalue weighted by molar-refractivity contribution is 6.06. The first-order valence-corrected chi connectivity index (χ1v) is 8.97. The van der Waals surface area contributed by atoms with Gasteiger partial charge in [0.05, 0.1) is 23.8 Å². The van der Waals surface area contributed by atoms with Crippen LogP contribution in [0.2, 0.25) is 0 Å². The van der Waals surface area contributed by atoms with Crippen molar-refractivity contribution >= 4 is 16.8 Å². The van der Waals surface area contributed by atoms with Crippen LogP contribution in [0.1, 0.15) is 29.6 Å². The lowest BCUT2D eigenvalue weighted by Gasteiger charge is -2.50. The molecule has 2 aliphatic heterocycles. The van der Waals surface area contributed by atoms with Crippen molar-refractivity contribution in [2.24, 2.45) is 5.41 Å². The first kappa shape index (κ1) is 16.5. The lowest BCUT2D eigenvalue weighted by atomic mass is 9.73. The first-order valence-electron chi connectivity index (χ1n) is 8.97. The Labute approximate surface area is 147 Å². The standard InChI is InChI=1S/C20H24N2O3/c1-24-14-20-9-4-12-25-18(20)8-11-22(13-20)19(23)16-7-10-21-17-6-3-2-5-15(16)17/h2-3,5-7,10,18H,4,8-9,11-14H2,1H3/t18-,20+/m0/s1. The fraction of sp³-hybridized carbons (Fsp3) is 0.500. The molecule has 2 fully saturated rings. The third-order valence-corrected chi connectivity index (χ3v) is 5.59. The number of amides is 1. The van der Waals surface area contributed by atoms with Crippen molar-refractivity contribution in [3.63, 3.8) is 0 Å². The van der Waals surface area contributed by atoms with E-state index in [1.807, 2.05) is 35.2 Å². The number of rotatable bonds is 3. The molecule has 0 aliphatic carbocycles. The third kappa shape index (κ3) is 2.92. The molecule has 0 unspecified atom stereocenters. The SMILES string of the molecule is COC[C@]12CCCO[C@H]1CCN(C(=O)c1ccnc3ccccc13)C2. The number of piperidine rings is 1. The van der Waals surface area contributed by atoms with Gasteiger partial charge in [-0.05, 0) is 31.4 Å². The minimum Gasteiger partial charge on any atom is -0.384 e. The summed E-state index contributed by atoms with van der Waals surface area (Å²) < 4.78 is 11.5. The van der Waals surface area contributed by atoms with E-state index in [-0.39, 0.29) is 17.4 Å². The van der Waals surface area contributed by atoms with Gasteiger partial charge in [0.25, 0.3) is 5.91 Å². The minimum absolute atomic E-state index is 0.0796. The van der Waals surface area contributed by atoms with Crippen molar-refractivity contribution in [1.82, 2.24) is 9.88 Å². The minimum atomic E-state index is -0.0796. The number of hydrogen-bond donors (Lipinski definition) is 0. The van der Waals surface area contributed by atoms with Crippen molar-refractivity contribution in [2.75, 3.05) is 33.4 Å². The molecule has 0 spiro atoms. The number of fused-ring (bicyclic) bond motifs is 2. The molecular formula is C20H24N2O3. The Kier molecular flexibility index (Phi) is 4.44. The molecule has 2 saturated heterocycles. The zero-order chi connectivity index (χ0) is 17.3. The molecule has 5 heteroatoms. The van der Waals surface area contributed by atoms with Crippen molar-refractivity contribution in [3.8, 4) is 0 Å². The van der Waals surface area contributed by atoms with Crippen molar-refractivity contribution < 1.29 is 14.3 Å². The van der Waals surface area contributed by atoms with E-state index < -0.39 is 0 Å². The molecule has 0 radical (unpaired) electrons. The second-order valence-electron chi connectivity index (χ2n) is 7.15. The molecule has 2 atom stereocenters. The molecule has 0 saturated carbocycles. The van der Waals surface area contributed by atoms with Gasteiger partial charge in [0.15, 0.2) is 0 Å². The van der Waals surface area contributed by atoms with Gasteiger partial charge in [-0.3, -0.25) is 9.78 Å². The number of para-hydroxylation sites is 1. The van der Waals surface area contributed by atoms with E-state index in [9.17, 15) is 4.79 Å². The largest absolute Gasteiger partial charge is 0.384 e. The van der Waals surface area contributed by atoms with E-state index in [1.165, 1.54) is 0 Å². The number of methoxy groups -OCH3 is 1. The summed E-state index contributed by atoms with van der Waals surface area (Å²) in [5.41, 5.74) is 1.51. The Hall–Kier alpha value is -1.98. The van der Waals surface area contributed by atoms with Crippen LogP contribution >= 0.6 is 0 Å². The molecular weight excluding hydrogens is 316 g/mol. The van der Waals surface area contributed by atoms with Crippen LogP contribution in [0.15, 0.2) is 36.5 Å². The summed E-state index contributed by atoms with van der Waals surface area (Å²) in [6, 6.07) is 9.64. The molecule has 25 heavy (non-hydrogen) atoms. The van der Waals surface area contributed by atoms with Gasteiger partial charge in [-0.1, -0.05) is 18.2 Å². The van der Waals surface area contributed by atoms with Gasteiger partial charge in [-0.2, -0.15) is 0 Å². The summed E-state index contributed by atoms with van der Waals surface area (Å²) in [4.78, 5) is 19.6. The molecule has 3 heterocycles. The number of likely N-dealkylation sites (tertiary alicyclic amines) is 1. The van der Waals surface area contributed by atoms with Crippen LogP contribution in [0.4, 0.5) is 0 Å². The van der Waals surface area contributed by atoms with Gasteiger partial charge in [-0.15, -0.1) is 0 Å². The fourth-order valence-corrected chi connectivity index (χ4v) is 4.41. The average Bonchev–Trinajstić information content (AvgIpc) is 2.66. The number of benzene rings is 1. The maximum Gasteiger partial charge on any atom is 0.254 e. The van der Waals surface area contributed by atoms with Gasteiger partial charge >= 0.3 is 0 Å². The van der Waals surface area contributed by atoms with E-state index in [0.717, 1.165) is 48.9 Å². The Morgan fingerprint density at radius 1 is 1.40 bits per heavy atom. The first-order chi connectivity index (χ1) is 12.2. The van der Waals surface area contributed by atoms with E-state index in [0.29, 0.717) is 13.2 Å². The van der Waals surface area contributed by atoms with E-state index in [2.05, 4.69) is 4.98 Å². The Balaban J connectivity index is 1.64. The van der Waals surface area contributed by atoms with Crippen LogP contribution in [0, 0.1) is 5.41 Å². The number of carbonyl (C=O) groups is 1. The highest BCUT2D eigenvalue weighted by Gasteiger charge is 2.47. The Morgan fingerprint density at radius 2 is 2.28 bits per heavy atom. The molecule has 4 rings (SSSR count). The molecule has 2 aliphatic rings. The molecule has 2 aromatic rings. The second kappa shape index (κ2) is 6.73. The number of aromatic nitrogens is 1. The number of ether oxygens (including phenoxy) is 2. The molecule has 132 valence electrons. The molecule has 1 aromatic carbocycles. The smallest absolute Gasteiger partial charge is 0.254 e. The second-order valence-corrected chi connectivity index (χ2v) is 7.15. The van der Waals surface area contributed by atoms with Crippen LogP contribution < -0.4 is 0 Å². The van der Waals surface area contributed by atoms with Gasteiger partial charge in [0.1, 0.15) is 0 Å². The molecule has 0 N–H and O–H groups in total. The third-order valence-electron chi connectivity index (χ3n) is 5.59. The summed E-state index contributed by atoms with van der Waals surface area (Å²) in [6.07, 6.45) is 4.86. The Morgan fingerprint density at radius 3 is 3.16 bits per heavy atom. The zero-order valence-electron chi connectivity index (χ0n) is 14.6. The molecule has 0 bridgehead atoms. The van der Waals surface area contributed by atoms with Crippen LogP contribution in [-0.4, -0.2) is 55.3 Å². The highest BCUT2D eigenvalue weighted by Crippen LogP contribution is 2.40. The van der Waals surface area contributed by atoms with Crippen molar-refractivity contribution in [2.45, 2.75) is 25.4 Å². The highest BCUT2D eigenvalue weighted by atomic mass is 16.5. The number of hydrogen-bond acceptors (Lipinski definition) is 4. The lowest BCUT2D eigenvalue weighted by Crippen LogP contribution is -2.58. The van der Waals surface area contributed by atoms with Crippen LogP contribution in [-0.2, 0) is 9.47 Å². The average molecular weight is 340 g/mol. The monoisotopic (exact) mass is 340 g/mol. The van der Waals surface area contributed by atoms with Crippen LogP contribution in [0.3, 0.4) is 0 Å². The normalized spacial score (nSPS) is 26.4. The summed E-state index contributed by atoms with van der Waals surface area (Å²) >= 11 is 0. The fourth-order valence-electron chi connectivity index (χ4n) is 4.41. The quantitative estimate of drug-likeness (QED) is 0.862. The summed E-state index contributed by atoms with van der Waals surface area (Å²) in [6.45, 7) is 2.88. The van der Waals surface area contributed by atoms with Crippen LogP contribution in [0.25, 0.3) is 10.9 Å². The van der Waals surface area contributed by atoms with Gasteiger partial charge in [0.2, 0.25) is 0 Å². The molecule has 1 amide bonds. The van der Waals surface area contributed by atoms with Gasteiger partial charge in [0, 0.05) is 43.8 Å². The van der Waals surface area contributed by atoms with Gasteiger partial charge in [-0.25, -0.2) is 0 Å². The maximum atomic E-state index is 13.3. The van der Waals surface area contributed by atoms with Crippen LogP contribution in [0.5, 0.6) is 0 Å². The summed E-state index contributed by atoms with van der Waals surface area (Å²) in [5.74, 6) is 0.0816. The Bertz CT molecular complexity index is 769. The number of pyridine rings is 1. The lowest BCUT2D eigenvalue weighted by molar-refractivity contribution is -0.142. The zero-order valence-corrected chi connectivity index (χ0v) is 14.6. The topological polar surface area (TPSA) is 51.7 Å². The number of nitrogens with zero attached hydrogens (tertiary/aromatic N) is 2. The van der Waals surface area contributed by atoms with Crippen molar-refractivity contribution in [1.29, 1.82) is 0 Å². The van der Waals surface area contributed by atoms with E-state index in [1.54, 1.807) is 13.3 Å². The van der Waals surface area contributed by atoms with Gasteiger partial charge < -0.3 is 14.4 Å². The number of carbonyl (C=O) groups excluding carboxylic acids is 1. The maximum absolute atomic E-state index is 13.3. The predicted molar refractivity (Wildman–Crippen MR) is 95.5 cm³/mol. The summed E-state index contributed by atoms with van der Waals surface area (Å²) in [5, 5.41) is 0.915. The molecule has 5 nitrogen and oxygen atoms in total.